The zero-order valence-corrected chi connectivity index (χ0v) is 5.33. The lowest BCUT2D eigenvalue weighted by Crippen LogP contribution is -1.56. The minimum Gasteiger partial charge on any atom is -0.314 e. The Balaban J connectivity index is 0. The van der Waals surface area contributed by atoms with Gasteiger partial charge in [0.1, 0.15) is 0 Å². The van der Waals surface area contributed by atoms with E-state index in [0.29, 0.717) is 0 Å². The highest BCUT2D eigenvalue weighted by atomic mass is 31.2. The molecule has 0 spiro atoms. The molecule has 1 unspecified atom stereocenters. The molecule has 0 aromatic rings. The monoisotopic (exact) mass is 149 g/mol. The molecule has 0 fully saturated rings. The summed E-state index contributed by atoms with van der Waals surface area (Å²) >= 11 is 0. The van der Waals surface area contributed by atoms with Gasteiger partial charge >= 0.3 is 7.91 Å². The summed E-state index contributed by atoms with van der Waals surface area (Å²) in [7, 11) is -3.22. The van der Waals surface area contributed by atoms with Crippen molar-refractivity contribution in [2.75, 3.05) is 0 Å². The third kappa shape index (κ3) is 585. The topological polar surface area (TPSA) is 83.6 Å². The second kappa shape index (κ2) is 4.62. The highest BCUT2D eigenvalue weighted by Gasteiger charge is 2.04. The van der Waals surface area contributed by atoms with Crippen LogP contribution in [0.15, 0.2) is 0 Å². The van der Waals surface area contributed by atoms with Crippen LogP contribution in [-0.4, -0.2) is 9.79 Å². The molecule has 7 heteroatoms. The van der Waals surface area contributed by atoms with Gasteiger partial charge < -0.3 is 5.50 Å². The molecule has 0 heterocycles. The number of nitrogens with two attached hydrogens (primary N) is 1. The summed E-state index contributed by atoms with van der Waals surface area (Å²) in [4.78, 5) is 13.9. The Kier molecular flexibility index (Phi) is 6.90. The van der Waals surface area contributed by atoms with Gasteiger partial charge in [0.15, 0.2) is 0 Å². The third-order valence-electron chi connectivity index (χ3n) is 0. The molecular formula is H6FNO3P2. The van der Waals surface area contributed by atoms with Crippen molar-refractivity contribution >= 4 is 17.3 Å². The van der Waals surface area contributed by atoms with Gasteiger partial charge in [-0.2, -0.15) is 0 Å². The first-order valence-corrected chi connectivity index (χ1v) is 3.25. The largest absolute Gasteiger partial charge is 0.507 e. The zero-order chi connectivity index (χ0) is 6.50. The predicted molar refractivity (Wildman–Crippen MR) is 27.0 cm³/mol. The number of hydrogen-bond donors (Lipinski definition) is 3. The highest BCUT2D eigenvalue weighted by molar-refractivity contribution is 7.45. The van der Waals surface area contributed by atoms with Crippen LogP contribution in [0, 0.1) is 0 Å². The Morgan fingerprint density at radius 2 is 1.57 bits per heavy atom. The maximum atomic E-state index is 10.4. The normalized spacial score (nSPS) is 9.29. The van der Waals surface area contributed by atoms with Crippen LogP contribution in [0.1, 0.15) is 0 Å². The maximum Gasteiger partial charge on any atom is 0.507 e. The van der Waals surface area contributed by atoms with Crippen molar-refractivity contribution in [3.05, 3.63) is 0 Å². The van der Waals surface area contributed by atoms with Gasteiger partial charge in [0.25, 0.3) is 0 Å². The fourth-order valence-corrected chi connectivity index (χ4v) is 0. The fraction of sp³-hybridized carbons (Fsp3) is 0. The molecule has 0 radical (unpaired) electrons. The van der Waals surface area contributed by atoms with E-state index < -0.39 is 7.91 Å². The van der Waals surface area contributed by atoms with Crippen LogP contribution < -0.4 is 5.50 Å². The standard InChI is InChI=1S/FH2O3P.H4NP/c1-5(2,3)4;1-2/h(H2,2,3,4);1-2H2. The molecule has 7 heavy (non-hydrogen) atoms. The van der Waals surface area contributed by atoms with Gasteiger partial charge in [0.05, 0.1) is 0 Å². The van der Waals surface area contributed by atoms with Crippen molar-refractivity contribution < 1.29 is 18.5 Å². The van der Waals surface area contributed by atoms with Gasteiger partial charge in [-0.3, -0.25) is 9.79 Å². The van der Waals surface area contributed by atoms with Gasteiger partial charge in [-0.1, -0.05) is 9.39 Å². The molecule has 0 saturated carbocycles. The van der Waals surface area contributed by atoms with E-state index in [2.05, 4.69) is 5.50 Å². The Morgan fingerprint density at radius 3 is 1.57 bits per heavy atom. The molecule has 0 amide bonds. The molecule has 0 aliphatic heterocycles. The number of hydrogen-bond acceptors (Lipinski definition) is 2. The zero-order valence-electron chi connectivity index (χ0n) is 3.28. The van der Waals surface area contributed by atoms with E-state index in [1.165, 1.54) is 0 Å². The molecule has 0 aliphatic rings. The van der Waals surface area contributed by atoms with Crippen LogP contribution in [0.4, 0.5) is 4.20 Å². The molecule has 46 valence electrons. The summed E-state index contributed by atoms with van der Waals surface area (Å²) in [6.07, 6.45) is 0. The average molecular weight is 149 g/mol. The van der Waals surface area contributed by atoms with Gasteiger partial charge in [-0.05, 0) is 0 Å². The molecule has 0 saturated heterocycles. The second-order valence-corrected chi connectivity index (χ2v) is 1.42. The first kappa shape index (κ1) is 10.5. The smallest absolute Gasteiger partial charge is 0.314 e. The molecular weight excluding hydrogens is 143 g/mol. The van der Waals surface area contributed by atoms with E-state index in [1.807, 2.05) is 9.39 Å². The Bertz CT molecular complexity index is 59.1. The molecule has 0 bridgehead atoms. The Labute approximate surface area is 42.4 Å². The van der Waals surface area contributed by atoms with Crippen LogP contribution in [0.3, 0.4) is 0 Å². The first-order valence-electron chi connectivity index (χ1n) is 1.08. The van der Waals surface area contributed by atoms with E-state index in [9.17, 15) is 4.20 Å². The second-order valence-electron chi connectivity index (χ2n) is 0.473. The molecule has 0 aliphatic carbocycles. The number of rotatable bonds is 0. The summed E-state index contributed by atoms with van der Waals surface area (Å²) < 4.78 is 19.0. The maximum absolute atomic E-state index is 10.4. The van der Waals surface area contributed by atoms with Crippen LogP contribution in [0.2, 0.25) is 0 Å². The van der Waals surface area contributed by atoms with E-state index in [0.717, 1.165) is 0 Å². The van der Waals surface area contributed by atoms with E-state index >= 15 is 0 Å². The SMILES string of the molecule is NP.O=P(O)(O)F. The van der Waals surface area contributed by atoms with Crippen molar-refractivity contribution in [3.63, 3.8) is 0 Å². The van der Waals surface area contributed by atoms with E-state index in [4.69, 9.17) is 14.4 Å². The van der Waals surface area contributed by atoms with Crippen LogP contribution >= 0.6 is 17.3 Å². The quantitative estimate of drug-likeness (QED) is 0.416. The first-order chi connectivity index (χ1) is 3.00. The van der Waals surface area contributed by atoms with Gasteiger partial charge in [-0.25, -0.2) is 4.57 Å². The lowest BCUT2D eigenvalue weighted by molar-refractivity contribution is 0.322. The van der Waals surface area contributed by atoms with Crippen molar-refractivity contribution in [1.29, 1.82) is 0 Å². The van der Waals surface area contributed by atoms with Crippen molar-refractivity contribution in [2.24, 2.45) is 5.50 Å². The Hall–Kier alpha value is 0.470. The molecule has 4 N–H and O–H groups in total. The van der Waals surface area contributed by atoms with Crippen LogP contribution in [-0.2, 0) is 4.57 Å². The molecule has 1 atom stereocenters. The van der Waals surface area contributed by atoms with Gasteiger partial charge in [0.2, 0.25) is 0 Å². The van der Waals surface area contributed by atoms with E-state index in [1.54, 1.807) is 0 Å². The van der Waals surface area contributed by atoms with Crippen molar-refractivity contribution in [3.8, 4) is 0 Å². The summed E-state index contributed by atoms with van der Waals surface area (Å²) in [5.74, 6) is 0. The summed E-state index contributed by atoms with van der Waals surface area (Å²) in [5.41, 5.74) is 4.42. The molecule has 0 aromatic carbocycles. The lowest BCUT2D eigenvalue weighted by Gasteiger charge is -1.77. The van der Waals surface area contributed by atoms with Crippen LogP contribution in [0.5, 0.6) is 0 Å². The third-order valence-corrected chi connectivity index (χ3v) is 0. The minimum atomic E-state index is -5.14. The highest BCUT2D eigenvalue weighted by Crippen LogP contribution is 2.34. The minimum absolute atomic E-state index is 1.92. The van der Waals surface area contributed by atoms with E-state index in [-0.39, 0.29) is 0 Å². The summed E-state index contributed by atoms with van der Waals surface area (Å²) in [6, 6.07) is 0. The molecule has 0 rings (SSSR count). The van der Waals surface area contributed by atoms with Crippen molar-refractivity contribution in [1.82, 2.24) is 0 Å². The predicted octanol–water partition coefficient (Wildman–Crippen LogP) is -0.216. The van der Waals surface area contributed by atoms with Gasteiger partial charge in [0, 0.05) is 0 Å². The lowest BCUT2D eigenvalue weighted by atomic mass is 13.9. The van der Waals surface area contributed by atoms with Crippen molar-refractivity contribution in [2.45, 2.75) is 0 Å². The summed E-state index contributed by atoms with van der Waals surface area (Å²) in [6.45, 7) is 0. The fourth-order valence-electron chi connectivity index (χ4n) is 0. The van der Waals surface area contributed by atoms with Crippen LogP contribution in [0.25, 0.3) is 0 Å². The summed E-state index contributed by atoms with van der Waals surface area (Å²) in [5, 5.41) is 0. The molecule has 4 nitrogen and oxygen atoms in total. The number of halogens is 1. The van der Waals surface area contributed by atoms with Gasteiger partial charge in [-0.15, -0.1) is 4.20 Å². The Morgan fingerprint density at radius 1 is 1.57 bits per heavy atom. The molecule has 0 aromatic heterocycles. The average Bonchev–Trinajstić information content (AvgIpc) is 1.36.